The fourth-order valence-electron chi connectivity index (χ4n) is 2.37. The number of carbonyl (C=O) groups is 1. The van der Waals surface area contributed by atoms with Gasteiger partial charge in [-0.25, -0.2) is 0 Å². The van der Waals surface area contributed by atoms with Crippen LogP contribution in [0.15, 0.2) is 39.5 Å². The summed E-state index contributed by atoms with van der Waals surface area (Å²) in [6.45, 7) is 4.09. The van der Waals surface area contributed by atoms with Crippen LogP contribution in [0.4, 0.5) is 0 Å². The molecule has 0 N–H and O–H groups in total. The zero-order chi connectivity index (χ0) is 16.4. The first-order valence-corrected chi connectivity index (χ1v) is 8.17. The first kappa shape index (κ1) is 15.4. The Kier molecular flexibility index (Phi) is 4.25. The second-order valence-electron chi connectivity index (χ2n) is 5.43. The fourth-order valence-corrected chi connectivity index (χ4v) is 3.02. The van der Waals surface area contributed by atoms with Crippen molar-refractivity contribution in [2.24, 2.45) is 0 Å². The van der Waals surface area contributed by atoms with Crippen LogP contribution < -0.4 is 0 Å². The van der Waals surface area contributed by atoms with Crippen molar-refractivity contribution in [3.8, 4) is 11.3 Å². The number of pyridine rings is 1. The molecule has 3 aromatic rings. The predicted molar refractivity (Wildman–Crippen MR) is 89.3 cm³/mol. The lowest BCUT2D eigenvalue weighted by Gasteiger charge is -2.17. The minimum Gasteiger partial charge on any atom is -0.361 e. The highest BCUT2D eigenvalue weighted by Gasteiger charge is 2.17. The van der Waals surface area contributed by atoms with Gasteiger partial charge in [-0.05, 0) is 37.4 Å². The molecule has 0 fully saturated rings. The largest absolute Gasteiger partial charge is 0.361 e. The van der Waals surface area contributed by atoms with Crippen molar-refractivity contribution in [1.29, 1.82) is 0 Å². The second-order valence-corrected chi connectivity index (χ2v) is 6.21. The molecule has 0 radical (unpaired) electrons. The molecule has 118 valence electrons. The first-order valence-electron chi connectivity index (χ1n) is 7.22. The quantitative estimate of drug-likeness (QED) is 0.733. The van der Waals surface area contributed by atoms with Crippen LogP contribution in [-0.2, 0) is 6.54 Å². The highest BCUT2D eigenvalue weighted by atomic mass is 32.1. The average molecular weight is 327 g/mol. The van der Waals surface area contributed by atoms with E-state index in [4.69, 9.17) is 4.52 Å². The lowest BCUT2D eigenvalue weighted by molar-refractivity contribution is 0.0781. The number of carbonyl (C=O) groups excluding carboxylic acids is 1. The number of aromatic nitrogens is 2. The maximum Gasteiger partial charge on any atom is 0.255 e. The smallest absolute Gasteiger partial charge is 0.255 e. The van der Waals surface area contributed by atoms with Gasteiger partial charge in [0.05, 0.1) is 23.5 Å². The molecule has 5 nitrogen and oxygen atoms in total. The second kappa shape index (κ2) is 6.34. The Morgan fingerprint density at radius 3 is 2.74 bits per heavy atom. The summed E-state index contributed by atoms with van der Waals surface area (Å²) >= 11 is 1.63. The number of hydrogen-bond donors (Lipinski definition) is 0. The Morgan fingerprint density at radius 2 is 2.13 bits per heavy atom. The van der Waals surface area contributed by atoms with Crippen molar-refractivity contribution in [3.05, 3.63) is 57.7 Å². The first-order chi connectivity index (χ1) is 11.0. The van der Waals surface area contributed by atoms with E-state index in [9.17, 15) is 4.79 Å². The van der Waals surface area contributed by atoms with E-state index < -0.39 is 0 Å². The highest BCUT2D eigenvalue weighted by molar-refractivity contribution is 7.08. The van der Waals surface area contributed by atoms with E-state index in [2.05, 4.69) is 10.1 Å². The summed E-state index contributed by atoms with van der Waals surface area (Å²) < 4.78 is 5.03. The van der Waals surface area contributed by atoms with Gasteiger partial charge < -0.3 is 9.42 Å². The van der Waals surface area contributed by atoms with Crippen molar-refractivity contribution in [2.45, 2.75) is 20.4 Å². The van der Waals surface area contributed by atoms with Gasteiger partial charge in [0.2, 0.25) is 0 Å². The van der Waals surface area contributed by atoms with Crippen molar-refractivity contribution in [3.63, 3.8) is 0 Å². The van der Waals surface area contributed by atoms with Crippen LogP contribution in [0.3, 0.4) is 0 Å². The number of rotatable bonds is 4. The van der Waals surface area contributed by atoms with E-state index in [0.717, 1.165) is 28.4 Å². The summed E-state index contributed by atoms with van der Waals surface area (Å²) in [7, 11) is 1.75. The Hall–Kier alpha value is -2.47. The molecule has 0 unspecified atom stereocenters. The number of thiophene rings is 1. The fraction of sp³-hybridized carbons (Fsp3) is 0.235. The van der Waals surface area contributed by atoms with Gasteiger partial charge in [-0.1, -0.05) is 5.16 Å². The molecule has 1 amide bonds. The molecule has 3 rings (SSSR count). The van der Waals surface area contributed by atoms with Crippen molar-refractivity contribution in [1.82, 2.24) is 15.0 Å². The van der Waals surface area contributed by atoms with Gasteiger partial charge in [0.15, 0.2) is 0 Å². The van der Waals surface area contributed by atoms with Crippen LogP contribution in [0.2, 0.25) is 0 Å². The molecule has 0 spiro atoms. The third-order valence-corrected chi connectivity index (χ3v) is 4.24. The highest BCUT2D eigenvalue weighted by Crippen LogP contribution is 2.22. The molecule has 0 aromatic carbocycles. The Morgan fingerprint density at radius 1 is 1.30 bits per heavy atom. The Bertz CT molecular complexity index is 824. The zero-order valence-corrected chi connectivity index (χ0v) is 14.1. The lowest BCUT2D eigenvalue weighted by Crippen LogP contribution is -2.27. The molecule has 0 saturated heterocycles. The average Bonchev–Trinajstić information content (AvgIpc) is 3.18. The van der Waals surface area contributed by atoms with E-state index in [1.807, 2.05) is 48.9 Å². The number of nitrogens with zero attached hydrogens (tertiary/aromatic N) is 3. The Balaban J connectivity index is 1.79. The monoisotopic (exact) mass is 327 g/mol. The van der Waals surface area contributed by atoms with E-state index in [-0.39, 0.29) is 5.91 Å². The van der Waals surface area contributed by atoms with Gasteiger partial charge in [-0.15, -0.1) is 0 Å². The third-order valence-electron chi connectivity index (χ3n) is 3.56. The molecule has 0 atom stereocenters. The standard InChI is InChI=1S/C17H17N3O2S/c1-11-8-14(19-22-11)9-20(3)17(21)15-4-5-16(18-12(15)2)13-6-7-23-10-13/h4-8,10H,9H2,1-3H3. The van der Waals surface area contributed by atoms with Gasteiger partial charge in [0.1, 0.15) is 11.5 Å². The van der Waals surface area contributed by atoms with Gasteiger partial charge in [0.25, 0.3) is 5.91 Å². The molecule has 0 aliphatic heterocycles. The van der Waals surface area contributed by atoms with Crippen LogP contribution >= 0.6 is 11.3 Å². The normalized spacial score (nSPS) is 10.7. The van der Waals surface area contributed by atoms with Crippen LogP contribution in [0.1, 0.15) is 27.5 Å². The molecular formula is C17H17N3O2S. The van der Waals surface area contributed by atoms with Gasteiger partial charge in [0, 0.05) is 24.1 Å². The lowest BCUT2D eigenvalue weighted by atomic mass is 10.1. The maximum atomic E-state index is 12.6. The third kappa shape index (κ3) is 3.32. The van der Waals surface area contributed by atoms with Crippen LogP contribution in [0.25, 0.3) is 11.3 Å². The van der Waals surface area contributed by atoms with E-state index in [0.29, 0.717) is 12.1 Å². The molecule has 0 aliphatic carbocycles. The van der Waals surface area contributed by atoms with Gasteiger partial charge >= 0.3 is 0 Å². The van der Waals surface area contributed by atoms with E-state index in [1.165, 1.54) is 0 Å². The molecule has 6 heteroatoms. The minimum atomic E-state index is -0.0764. The summed E-state index contributed by atoms with van der Waals surface area (Å²) in [6, 6.07) is 7.57. The molecule has 0 aliphatic rings. The van der Waals surface area contributed by atoms with Crippen LogP contribution in [0, 0.1) is 13.8 Å². The zero-order valence-electron chi connectivity index (χ0n) is 13.2. The minimum absolute atomic E-state index is 0.0764. The summed E-state index contributed by atoms with van der Waals surface area (Å²) in [5, 5.41) is 7.98. The van der Waals surface area contributed by atoms with E-state index in [1.54, 1.807) is 23.3 Å². The van der Waals surface area contributed by atoms with Crippen LogP contribution in [-0.4, -0.2) is 28.0 Å². The molecule has 0 bridgehead atoms. The summed E-state index contributed by atoms with van der Waals surface area (Å²) in [4.78, 5) is 18.8. The number of amides is 1. The van der Waals surface area contributed by atoms with Crippen molar-refractivity contribution in [2.75, 3.05) is 7.05 Å². The van der Waals surface area contributed by atoms with E-state index >= 15 is 0 Å². The molecule has 3 aromatic heterocycles. The Labute approximate surface area is 138 Å². The van der Waals surface area contributed by atoms with Crippen molar-refractivity contribution < 1.29 is 9.32 Å². The SMILES string of the molecule is Cc1cc(CN(C)C(=O)c2ccc(-c3ccsc3)nc2C)no1. The summed E-state index contributed by atoms with van der Waals surface area (Å²) in [5.41, 5.74) is 4.02. The van der Waals surface area contributed by atoms with Gasteiger partial charge in [-0.2, -0.15) is 11.3 Å². The molecular weight excluding hydrogens is 310 g/mol. The van der Waals surface area contributed by atoms with Crippen LogP contribution in [0.5, 0.6) is 0 Å². The topological polar surface area (TPSA) is 59.2 Å². The molecule has 23 heavy (non-hydrogen) atoms. The van der Waals surface area contributed by atoms with Gasteiger partial charge in [-0.3, -0.25) is 9.78 Å². The summed E-state index contributed by atoms with van der Waals surface area (Å²) in [5.74, 6) is 0.659. The predicted octanol–water partition coefficient (Wildman–Crippen LogP) is 3.69. The molecule has 0 saturated carbocycles. The number of aryl methyl sites for hydroxylation is 2. The molecule has 3 heterocycles. The maximum absolute atomic E-state index is 12.6. The summed E-state index contributed by atoms with van der Waals surface area (Å²) in [6.07, 6.45) is 0. The van der Waals surface area contributed by atoms with Crippen molar-refractivity contribution >= 4 is 17.2 Å². The number of hydrogen-bond acceptors (Lipinski definition) is 5.